The zero-order valence-corrected chi connectivity index (χ0v) is 20.4. The van der Waals surface area contributed by atoms with E-state index >= 15 is 0 Å². The molecule has 2 aliphatic rings. The number of non-ortho nitro benzene ring substituents is 1. The summed E-state index contributed by atoms with van der Waals surface area (Å²) in [4.78, 5) is 54.7. The predicted molar refractivity (Wildman–Crippen MR) is 133 cm³/mol. The molecule has 0 unspecified atom stereocenters. The Balaban J connectivity index is 1.91. The van der Waals surface area contributed by atoms with Crippen molar-refractivity contribution in [2.45, 2.75) is 52.0 Å². The number of anilines is 2. The van der Waals surface area contributed by atoms with E-state index in [1.54, 1.807) is 30.3 Å². The van der Waals surface area contributed by atoms with E-state index in [1.807, 2.05) is 18.7 Å². The number of amides is 4. The second-order valence-corrected chi connectivity index (χ2v) is 9.38. The van der Waals surface area contributed by atoms with Crippen molar-refractivity contribution in [1.29, 1.82) is 0 Å². The molecule has 0 aromatic heterocycles. The van der Waals surface area contributed by atoms with Crippen LogP contribution in [0.2, 0.25) is 5.02 Å². The Kier molecular flexibility index (Phi) is 6.80. The lowest BCUT2D eigenvalue weighted by Gasteiger charge is -2.52. The highest BCUT2D eigenvalue weighted by Gasteiger charge is 2.62. The van der Waals surface area contributed by atoms with Crippen LogP contribution in [-0.2, 0) is 16.0 Å². The maximum atomic E-state index is 14.2. The number of rotatable bonds is 7. The van der Waals surface area contributed by atoms with Crippen LogP contribution in [-0.4, -0.2) is 35.4 Å². The molecule has 0 radical (unpaired) electrons. The number of unbranched alkanes of at least 4 members (excludes halogenated alkanes) is 1. The molecule has 1 N–H and O–H groups in total. The van der Waals surface area contributed by atoms with Gasteiger partial charge in [0.05, 0.1) is 16.7 Å². The Hall–Kier alpha value is -3.46. The summed E-state index contributed by atoms with van der Waals surface area (Å²) >= 11 is 6.00. The first kappa shape index (κ1) is 24.7. The highest BCUT2D eigenvalue weighted by Crippen LogP contribution is 2.47. The van der Waals surface area contributed by atoms with E-state index in [2.05, 4.69) is 5.32 Å². The van der Waals surface area contributed by atoms with Crippen LogP contribution in [0.25, 0.3) is 0 Å². The van der Waals surface area contributed by atoms with Crippen molar-refractivity contribution in [1.82, 2.24) is 5.32 Å². The Bertz CT molecular complexity index is 1180. The first-order valence-corrected chi connectivity index (χ1v) is 12.1. The minimum absolute atomic E-state index is 0.0423. The first-order chi connectivity index (χ1) is 16.7. The molecule has 4 amide bonds. The number of urea groups is 1. The number of benzene rings is 2. The number of carbonyl (C=O) groups is 3. The van der Waals surface area contributed by atoms with Crippen LogP contribution in [0.3, 0.4) is 0 Å². The number of nitrogens with one attached hydrogen (secondary N) is 1. The first-order valence-electron chi connectivity index (χ1n) is 11.7. The molecule has 0 bridgehead atoms. The van der Waals surface area contributed by atoms with E-state index in [1.165, 1.54) is 12.1 Å². The normalized spacial score (nSPS) is 21.8. The fourth-order valence-corrected chi connectivity index (χ4v) is 5.29. The van der Waals surface area contributed by atoms with Crippen LogP contribution >= 0.6 is 11.6 Å². The van der Waals surface area contributed by atoms with Crippen molar-refractivity contribution in [3.05, 3.63) is 63.2 Å². The Morgan fingerprint density at radius 1 is 1.11 bits per heavy atom. The summed E-state index contributed by atoms with van der Waals surface area (Å²) in [7, 11) is 0. The molecule has 1 saturated heterocycles. The summed E-state index contributed by atoms with van der Waals surface area (Å²) in [5.74, 6) is -1.31. The lowest BCUT2D eigenvalue weighted by Crippen LogP contribution is -2.72. The molecule has 2 atom stereocenters. The maximum absolute atomic E-state index is 14.2. The van der Waals surface area contributed by atoms with Gasteiger partial charge in [-0.05, 0) is 48.7 Å². The van der Waals surface area contributed by atoms with E-state index in [4.69, 9.17) is 11.6 Å². The summed E-state index contributed by atoms with van der Waals surface area (Å²) in [6, 6.07) is 9.47. The number of barbiturate groups is 1. The van der Waals surface area contributed by atoms with Crippen LogP contribution in [0, 0.1) is 15.5 Å². The van der Waals surface area contributed by atoms with Crippen molar-refractivity contribution in [2.24, 2.45) is 5.41 Å². The number of hydrogen-bond acceptors (Lipinski definition) is 6. The van der Waals surface area contributed by atoms with E-state index in [0.29, 0.717) is 35.7 Å². The van der Waals surface area contributed by atoms with Gasteiger partial charge in [-0.1, -0.05) is 38.3 Å². The van der Waals surface area contributed by atoms with E-state index in [-0.39, 0.29) is 12.1 Å². The average Bonchev–Trinajstić information content (AvgIpc) is 2.83. The molecular weight excluding hydrogens is 472 g/mol. The van der Waals surface area contributed by atoms with Gasteiger partial charge in [-0.2, -0.15) is 0 Å². The Morgan fingerprint density at radius 2 is 1.83 bits per heavy atom. The average molecular weight is 499 g/mol. The third kappa shape index (κ3) is 4.14. The minimum Gasteiger partial charge on any atom is -0.367 e. The summed E-state index contributed by atoms with van der Waals surface area (Å²) in [5.41, 5.74) is -0.124. The van der Waals surface area contributed by atoms with Gasteiger partial charge in [0.1, 0.15) is 0 Å². The molecule has 184 valence electrons. The number of nitro benzene ring substituents is 1. The largest absolute Gasteiger partial charge is 0.367 e. The smallest absolute Gasteiger partial charge is 0.335 e. The second kappa shape index (κ2) is 9.65. The fraction of sp³-hybridized carbons (Fsp3) is 0.400. The molecule has 2 aliphatic heterocycles. The van der Waals surface area contributed by atoms with Gasteiger partial charge in [-0.3, -0.25) is 25.0 Å². The molecular formula is C25H27ClN4O5. The quantitative estimate of drug-likeness (QED) is 0.331. The number of hydrogen-bond donors (Lipinski definition) is 1. The van der Waals surface area contributed by atoms with Gasteiger partial charge in [-0.15, -0.1) is 0 Å². The van der Waals surface area contributed by atoms with Crippen molar-refractivity contribution in [3.63, 3.8) is 0 Å². The fourth-order valence-electron chi connectivity index (χ4n) is 5.17. The number of fused-ring (bicyclic) bond motifs is 1. The maximum Gasteiger partial charge on any atom is 0.335 e. The van der Waals surface area contributed by atoms with E-state index < -0.39 is 34.2 Å². The SMILES string of the molecule is CCCCN1c2ccc([N+](=O)[O-])cc2C[C@@]2(C(=O)NC(=O)N(c3ccc(Cl)cc3)C2=O)[C@@H]1CCC. The number of nitro groups is 1. The molecule has 0 aliphatic carbocycles. The number of imide groups is 2. The van der Waals surface area contributed by atoms with Crippen LogP contribution in [0.4, 0.5) is 21.9 Å². The third-order valence-electron chi connectivity index (χ3n) is 6.81. The molecule has 10 heteroatoms. The van der Waals surface area contributed by atoms with Gasteiger partial charge < -0.3 is 4.90 Å². The van der Waals surface area contributed by atoms with E-state index in [0.717, 1.165) is 23.4 Å². The van der Waals surface area contributed by atoms with Gasteiger partial charge in [0.25, 0.3) is 11.6 Å². The number of carbonyl (C=O) groups excluding carboxylic acids is 3. The molecule has 35 heavy (non-hydrogen) atoms. The molecule has 1 fully saturated rings. The van der Waals surface area contributed by atoms with Gasteiger partial charge in [0.2, 0.25) is 5.91 Å². The van der Waals surface area contributed by atoms with E-state index in [9.17, 15) is 24.5 Å². The predicted octanol–water partition coefficient (Wildman–Crippen LogP) is 4.85. The highest BCUT2D eigenvalue weighted by molar-refractivity contribution is 6.32. The third-order valence-corrected chi connectivity index (χ3v) is 7.06. The molecule has 9 nitrogen and oxygen atoms in total. The topological polar surface area (TPSA) is 113 Å². The molecule has 4 rings (SSSR count). The van der Waals surface area contributed by atoms with Crippen molar-refractivity contribution in [3.8, 4) is 0 Å². The van der Waals surface area contributed by atoms with Gasteiger partial charge in [-0.25, -0.2) is 9.69 Å². The van der Waals surface area contributed by atoms with Gasteiger partial charge >= 0.3 is 6.03 Å². The molecule has 2 aromatic carbocycles. The zero-order valence-electron chi connectivity index (χ0n) is 19.6. The standard InChI is InChI=1S/C25H27ClN4O5/c1-3-5-13-28-20-12-11-19(30(34)35)14-16(20)15-25(21(28)6-4-2)22(31)27-24(33)29(23(25)32)18-9-7-17(26)8-10-18/h7-12,14,21H,3-6,13,15H2,1-2H3,(H,27,31,33)/t21-,25-/m0/s1. The highest BCUT2D eigenvalue weighted by atomic mass is 35.5. The Morgan fingerprint density at radius 3 is 2.46 bits per heavy atom. The van der Waals surface area contributed by atoms with Crippen molar-refractivity contribution >= 4 is 46.5 Å². The number of nitrogens with zero attached hydrogens (tertiary/aromatic N) is 3. The summed E-state index contributed by atoms with van der Waals surface area (Å²) in [6.45, 7) is 4.60. The van der Waals surface area contributed by atoms with Crippen LogP contribution in [0.1, 0.15) is 45.1 Å². The Labute approximate surface area is 208 Å². The summed E-state index contributed by atoms with van der Waals surface area (Å²) in [6.07, 6.45) is 2.89. The molecule has 1 spiro atoms. The summed E-state index contributed by atoms with van der Waals surface area (Å²) in [5, 5.41) is 14.3. The lowest BCUT2D eigenvalue weighted by atomic mass is 9.67. The number of halogens is 1. The summed E-state index contributed by atoms with van der Waals surface area (Å²) < 4.78 is 0. The lowest BCUT2D eigenvalue weighted by molar-refractivity contribution is -0.384. The minimum atomic E-state index is -1.63. The monoisotopic (exact) mass is 498 g/mol. The van der Waals surface area contributed by atoms with Crippen LogP contribution < -0.4 is 15.1 Å². The molecule has 2 aromatic rings. The van der Waals surface area contributed by atoms with Crippen LogP contribution in [0.15, 0.2) is 42.5 Å². The van der Waals surface area contributed by atoms with Gasteiger partial charge in [0.15, 0.2) is 5.41 Å². The van der Waals surface area contributed by atoms with Gasteiger partial charge in [0, 0.05) is 35.8 Å². The second-order valence-electron chi connectivity index (χ2n) is 8.95. The van der Waals surface area contributed by atoms with Crippen LogP contribution in [0.5, 0.6) is 0 Å². The van der Waals surface area contributed by atoms with Crippen molar-refractivity contribution in [2.75, 3.05) is 16.3 Å². The molecule has 2 heterocycles. The molecule has 0 saturated carbocycles. The zero-order chi connectivity index (χ0) is 25.3. The van der Waals surface area contributed by atoms with Crippen molar-refractivity contribution < 1.29 is 19.3 Å².